The van der Waals surface area contributed by atoms with Crippen molar-refractivity contribution in [3.05, 3.63) is 23.3 Å². The van der Waals surface area contributed by atoms with Crippen molar-refractivity contribution in [1.29, 1.82) is 0 Å². The van der Waals surface area contributed by atoms with E-state index < -0.39 is 12.1 Å². The van der Waals surface area contributed by atoms with Gasteiger partial charge in [-0.1, -0.05) is 19.3 Å². The normalized spacial score (nSPS) is 19.1. The van der Waals surface area contributed by atoms with Gasteiger partial charge in [0.25, 0.3) is 0 Å². The third kappa shape index (κ3) is 3.50. The smallest absolute Gasteiger partial charge is 0.127 e. The molecule has 0 spiro atoms. The molecular weight excluding hydrogens is 266 g/mol. The molecule has 2 rings (SSSR count). The molecule has 2 atom stereocenters. The fourth-order valence-electron chi connectivity index (χ4n) is 3.34. The molecule has 0 radical (unpaired) electrons. The lowest BCUT2D eigenvalue weighted by Crippen LogP contribution is -2.34. The van der Waals surface area contributed by atoms with E-state index in [0.29, 0.717) is 11.5 Å². The quantitative estimate of drug-likeness (QED) is 0.876. The number of ether oxygens (including phenoxy) is 2. The maximum atomic E-state index is 10.7. The van der Waals surface area contributed by atoms with Crippen molar-refractivity contribution in [1.82, 2.24) is 0 Å². The summed E-state index contributed by atoms with van der Waals surface area (Å²) in [6.07, 6.45) is 5.15. The zero-order chi connectivity index (χ0) is 15.4. The van der Waals surface area contributed by atoms with Crippen LogP contribution in [0.15, 0.2) is 12.1 Å². The molecule has 0 aliphatic heterocycles. The molecule has 0 unspecified atom stereocenters. The molecule has 1 aliphatic carbocycles. The van der Waals surface area contributed by atoms with Crippen LogP contribution in [0.3, 0.4) is 0 Å². The average Bonchev–Trinajstić information content (AvgIpc) is 2.53. The topological polar surface area (TPSA) is 64.7 Å². The lowest BCUT2D eigenvalue weighted by atomic mass is 9.81. The van der Waals surface area contributed by atoms with Crippen LogP contribution < -0.4 is 15.2 Å². The zero-order valence-electron chi connectivity index (χ0n) is 13.3. The Kier molecular flexibility index (Phi) is 5.48. The number of methoxy groups -OCH3 is 2. The molecule has 4 nitrogen and oxygen atoms in total. The Morgan fingerprint density at radius 1 is 1.10 bits per heavy atom. The van der Waals surface area contributed by atoms with E-state index in [2.05, 4.69) is 0 Å². The summed E-state index contributed by atoms with van der Waals surface area (Å²) in [5.41, 5.74) is 8.18. The summed E-state index contributed by atoms with van der Waals surface area (Å²) in [4.78, 5) is 0. The van der Waals surface area contributed by atoms with Crippen molar-refractivity contribution in [2.75, 3.05) is 14.2 Å². The van der Waals surface area contributed by atoms with Gasteiger partial charge in [0.05, 0.1) is 31.9 Å². The van der Waals surface area contributed by atoms with E-state index in [1.54, 1.807) is 14.2 Å². The van der Waals surface area contributed by atoms with E-state index in [1.807, 2.05) is 19.1 Å². The largest absolute Gasteiger partial charge is 0.496 e. The predicted molar refractivity (Wildman–Crippen MR) is 83.8 cm³/mol. The Bertz CT molecular complexity index is 444. The van der Waals surface area contributed by atoms with Crippen LogP contribution in [-0.4, -0.2) is 25.4 Å². The number of nitrogens with two attached hydrogens (primary N) is 1. The summed E-state index contributed by atoms with van der Waals surface area (Å²) in [6, 6.07) is 3.38. The third-order valence-corrected chi connectivity index (χ3v) is 4.52. The molecule has 118 valence electrons. The van der Waals surface area contributed by atoms with E-state index in [1.165, 1.54) is 19.3 Å². The van der Waals surface area contributed by atoms with E-state index >= 15 is 0 Å². The minimum atomic E-state index is -0.559. The molecule has 0 heterocycles. The number of aliphatic hydroxyl groups is 1. The van der Waals surface area contributed by atoms with Crippen molar-refractivity contribution < 1.29 is 14.6 Å². The van der Waals surface area contributed by atoms with Crippen LogP contribution in [0, 0.1) is 12.8 Å². The van der Waals surface area contributed by atoms with Crippen LogP contribution in [0.5, 0.6) is 11.5 Å². The van der Waals surface area contributed by atoms with Gasteiger partial charge in [-0.2, -0.15) is 0 Å². The van der Waals surface area contributed by atoms with Gasteiger partial charge in [-0.05, 0) is 43.4 Å². The third-order valence-electron chi connectivity index (χ3n) is 4.52. The zero-order valence-corrected chi connectivity index (χ0v) is 13.3. The predicted octanol–water partition coefficient (Wildman–Crippen LogP) is 2.95. The minimum Gasteiger partial charge on any atom is -0.496 e. The second kappa shape index (κ2) is 7.14. The molecule has 4 heteroatoms. The van der Waals surface area contributed by atoms with Gasteiger partial charge in [-0.15, -0.1) is 0 Å². The molecule has 0 bridgehead atoms. The summed E-state index contributed by atoms with van der Waals surface area (Å²) >= 11 is 0. The average molecular weight is 293 g/mol. The first kappa shape index (κ1) is 16.1. The Balaban J connectivity index is 2.30. The summed E-state index contributed by atoms with van der Waals surface area (Å²) < 4.78 is 10.9. The lowest BCUT2D eigenvalue weighted by molar-refractivity contribution is 0.0603. The number of benzene rings is 1. The molecule has 1 aliphatic rings. The van der Waals surface area contributed by atoms with Gasteiger partial charge < -0.3 is 20.3 Å². The standard InChI is InChI=1S/C17H27NO3/c1-11-9-13(20-2)15(14(10-11)21-3)16(18)17(19)12-7-5-4-6-8-12/h9-10,12,16-17,19H,4-8,18H2,1-3H3/t16-,17+/m0/s1. The highest BCUT2D eigenvalue weighted by atomic mass is 16.5. The van der Waals surface area contributed by atoms with Gasteiger partial charge in [-0.3, -0.25) is 0 Å². The number of aryl methyl sites for hydroxylation is 1. The second-order valence-electron chi connectivity index (χ2n) is 6.00. The number of hydrogen-bond donors (Lipinski definition) is 2. The van der Waals surface area contributed by atoms with Gasteiger partial charge in [0.15, 0.2) is 0 Å². The van der Waals surface area contributed by atoms with Crippen LogP contribution in [0.25, 0.3) is 0 Å². The first-order chi connectivity index (χ1) is 10.1. The maximum Gasteiger partial charge on any atom is 0.127 e. The van der Waals surface area contributed by atoms with Crippen LogP contribution in [0.1, 0.15) is 49.3 Å². The molecule has 1 aromatic rings. The first-order valence-corrected chi connectivity index (χ1v) is 7.74. The van der Waals surface area contributed by atoms with Crippen molar-refractivity contribution in [2.45, 2.75) is 51.2 Å². The van der Waals surface area contributed by atoms with Gasteiger partial charge in [0.1, 0.15) is 11.5 Å². The van der Waals surface area contributed by atoms with E-state index in [9.17, 15) is 5.11 Å². The fourth-order valence-corrected chi connectivity index (χ4v) is 3.34. The van der Waals surface area contributed by atoms with E-state index in [-0.39, 0.29) is 5.92 Å². The highest BCUT2D eigenvalue weighted by Gasteiger charge is 2.31. The lowest BCUT2D eigenvalue weighted by Gasteiger charge is -2.31. The Morgan fingerprint density at radius 3 is 2.10 bits per heavy atom. The maximum absolute atomic E-state index is 10.7. The highest BCUT2D eigenvalue weighted by Crippen LogP contribution is 2.39. The first-order valence-electron chi connectivity index (χ1n) is 7.74. The molecule has 0 amide bonds. The molecule has 0 aromatic heterocycles. The molecule has 1 fully saturated rings. The molecule has 21 heavy (non-hydrogen) atoms. The summed E-state index contributed by atoms with van der Waals surface area (Å²) in [5.74, 6) is 1.65. The highest BCUT2D eigenvalue weighted by molar-refractivity contribution is 5.50. The van der Waals surface area contributed by atoms with Gasteiger partial charge in [0, 0.05) is 0 Å². The Hall–Kier alpha value is -1.26. The van der Waals surface area contributed by atoms with Crippen molar-refractivity contribution in [3.63, 3.8) is 0 Å². The number of rotatable bonds is 5. The summed E-state index contributed by atoms with van der Waals surface area (Å²) in [5, 5.41) is 10.7. The van der Waals surface area contributed by atoms with Gasteiger partial charge >= 0.3 is 0 Å². The Morgan fingerprint density at radius 2 is 1.62 bits per heavy atom. The molecule has 3 N–H and O–H groups in total. The van der Waals surface area contributed by atoms with Crippen molar-refractivity contribution in [2.24, 2.45) is 11.7 Å². The fraction of sp³-hybridized carbons (Fsp3) is 0.647. The number of hydrogen-bond acceptors (Lipinski definition) is 4. The summed E-state index contributed by atoms with van der Waals surface area (Å²) in [7, 11) is 3.24. The van der Waals surface area contributed by atoms with Crippen molar-refractivity contribution >= 4 is 0 Å². The van der Waals surface area contributed by atoms with E-state index in [4.69, 9.17) is 15.2 Å². The van der Waals surface area contributed by atoms with Crippen LogP contribution in [0.4, 0.5) is 0 Å². The second-order valence-corrected chi connectivity index (χ2v) is 6.00. The SMILES string of the molecule is COc1cc(C)cc(OC)c1[C@H](N)[C@H](O)C1CCCCC1. The van der Waals surface area contributed by atoms with Crippen LogP contribution in [-0.2, 0) is 0 Å². The van der Waals surface area contributed by atoms with Gasteiger partial charge in [0.2, 0.25) is 0 Å². The van der Waals surface area contributed by atoms with Crippen LogP contribution in [0.2, 0.25) is 0 Å². The molecule has 0 saturated heterocycles. The molecule has 1 saturated carbocycles. The Labute approximate surface area is 127 Å². The van der Waals surface area contributed by atoms with E-state index in [0.717, 1.165) is 24.0 Å². The van der Waals surface area contributed by atoms with Crippen LogP contribution >= 0.6 is 0 Å². The number of aliphatic hydroxyl groups excluding tert-OH is 1. The summed E-state index contributed by atoms with van der Waals surface area (Å²) in [6.45, 7) is 1.98. The molecule has 1 aromatic carbocycles. The molecular formula is C17H27NO3. The van der Waals surface area contributed by atoms with Gasteiger partial charge in [-0.25, -0.2) is 0 Å². The van der Waals surface area contributed by atoms with Crippen molar-refractivity contribution in [3.8, 4) is 11.5 Å². The monoisotopic (exact) mass is 293 g/mol. The minimum absolute atomic E-state index is 0.268.